The highest BCUT2D eigenvalue weighted by molar-refractivity contribution is 5.36. The topological polar surface area (TPSA) is 38.5 Å². The molecule has 1 unspecified atom stereocenters. The Hall–Kier alpha value is -1.06. The van der Waals surface area contributed by atoms with Gasteiger partial charge in [-0.2, -0.15) is 0 Å². The summed E-state index contributed by atoms with van der Waals surface area (Å²) in [5, 5.41) is 0. The Bertz CT molecular complexity index is 366. The van der Waals surface area contributed by atoms with Gasteiger partial charge in [0.2, 0.25) is 0 Å². The molecule has 0 fully saturated rings. The highest BCUT2D eigenvalue weighted by Gasteiger charge is 2.11. The molecule has 3 heteroatoms. The summed E-state index contributed by atoms with van der Waals surface area (Å²) in [4.78, 5) is 2.41. The molecule has 0 radical (unpaired) electrons. The molecule has 1 atom stereocenters. The Balaban J connectivity index is 2.77. The van der Waals surface area contributed by atoms with Crippen LogP contribution in [0.3, 0.4) is 0 Å². The minimum atomic E-state index is 0.528. The van der Waals surface area contributed by atoms with Crippen LogP contribution in [0.5, 0.6) is 5.75 Å². The maximum atomic E-state index is 5.70. The largest absolute Gasteiger partial charge is 0.496 e. The first-order valence-corrected chi connectivity index (χ1v) is 6.66. The highest BCUT2D eigenvalue weighted by atomic mass is 16.5. The average molecular weight is 250 g/mol. The number of methoxy groups -OCH3 is 1. The van der Waals surface area contributed by atoms with E-state index in [-0.39, 0.29) is 0 Å². The molecule has 0 aliphatic rings. The van der Waals surface area contributed by atoms with E-state index in [0.717, 1.165) is 31.9 Å². The molecule has 3 nitrogen and oxygen atoms in total. The van der Waals surface area contributed by atoms with Crippen LogP contribution in [-0.2, 0) is 6.54 Å². The van der Waals surface area contributed by atoms with E-state index in [1.807, 2.05) is 6.07 Å². The number of nitrogens with two attached hydrogens (primary N) is 1. The number of hydrogen-bond donors (Lipinski definition) is 1. The number of nitrogens with zero attached hydrogens (tertiary/aromatic N) is 1. The standard InChI is InChI=1S/C15H26N2O/c1-5-17(10-13(3)9-16)11-14-8-12(2)6-7-15(14)18-4/h6-8,13H,5,9-11,16H2,1-4H3. The van der Waals surface area contributed by atoms with Gasteiger partial charge in [-0.25, -0.2) is 0 Å². The van der Waals surface area contributed by atoms with Crippen LogP contribution in [0.15, 0.2) is 18.2 Å². The van der Waals surface area contributed by atoms with Gasteiger partial charge in [-0.15, -0.1) is 0 Å². The lowest BCUT2D eigenvalue weighted by Gasteiger charge is -2.24. The van der Waals surface area contributed by atoms with Crippen LogP contribution in [0.1, 0.15) is 25.0 Å². The van der Waals surface area contributed by atoms with Crippen molar-refractivity contribution in [2.45, 2.75) is 27.3 Å². The van der Waals surface area contributed by atoms with E-state index >= 15 is 0 Å². The summed E-state index contributed by atoms with van der Waals surface area (Å²) >= 11 is 0. The van der Waals surface area contributed by atoms with E-state index in [1.54, 1.807) is 7.11 Å². The van der Waals surface area contributed by atoms with E-state index in [0.29, 0.717) is 5.92 Å². The molecule has 102 valence electrons. The van der Waals surface area contributed by atoms with E-state index in [9.17, 15) is 0 Å². The SMILES string of the molecule is CCN(Cc1cc(C)ccc1OC)CC(C)CN. The number of benzene rings is 1. The summed E-state index contributed by atoms with van der Waals surface area (Å²) < 4.78 is 5.43. The van der Waals surface area contributed by atoms with Crippen LogP contribution in [-0.4, -0.2) is 31.6 Å². The molecule has 0 aromatic heterocycles. The quantitative estimate of drug-likeness (QED) is 0.807. The summed E-state index contributed by atoms with van der Waals surface area (Å²) in [7, 11) is 1.73. The summed E-state index contributed by atoms with van der Waals surface area (Å²) in [6, 6.07) is 6.33. The van der Waals surface area contributed by atoms with Crippen molar-refractivity contribution < 1.29 is 4.74 Å². The Morgan fingerprint density at radius 1 is 1.39 bits per heavy atom. The van der Waals surface area contributed by atoms with E-state index in [2.05, 4.69) is 37.8 Å². The van der Waals surface area contributed by atoms with Crippen molar-refractivity contribution in [2.24, 2.45) is 11.7 Å². The Labute approximate surface area is 111 Å². The Morgan fingerprint density at radius 3 is 2.67 bits per heavy atom. The first-order chi connectivity index (χ1) is 8.60. The third-order valence-electron chi connectivity index (χ3n) is 3.25. The maximum absolute atomic E-state index is 5.70. The molecule has 0 saturated carbocycles. The summed E-state index contributed by atoms with van der Waals surface area (Å²) in [5.74, 6) is 1.50. The van der Waals surface area contributed by atoms with Gasteiger partial charge in [0.05, 0.1) is 7.11 Å². The van der Waals surface area contributed by atoms with Crippen LogP contribution in [0.25, 0.3) is 0 Å². The first kappa shape index (κ1) is 15.0. The molecule has 0 amide bonds. The van der Waals surface area contributed by atoms with Gasteiger partial charge in [0.1, 0.15) is 5.75 Å². The zero-order valence-corrected chi connectivity index (χ0v) is 12.1. The lowest BCUT2D eigenvalue weighted by molar-refractivity contribution is 0.240. The van der Waals surface area contributed by atoms with Crippen molar-refractivity contribution in [3.63, 3.8) is 0 Å². The molecule has 0 saturated heterocycles. The monoisotopic (exact) mass is 250 g/mol. The molecule has 0 aliphatic heterocycles. The van der Waals surface area contributed by atoms with E-state index in [1.165, 1.54) is 11.1 Å². The molecule has 0 heterocycles. The number of hydrogen-bond acceptors (Lipinski definition) is 3. The number of ether oxygens (including phenoxy) is 1. The van der Waals surface area contributed by atoms with Crippen molar-refractivity contribution in [1.29, 1.82) is 0 Å². The predicted molar refractivity (Wildman–Crippen MR) is 76.9 cm³/mol. The minimum Gasteiger partial charge on any atom is -0.496 e. The third kappa shape index (κ3) is 4.31. The highest BCUT2D eigenvalue weighted by Crippen LogP contribution is 2.21. The van der Waals surface area contributed by atoms with E-state index < -0.39 is 0 Å². The fourth-order valence-corrected chi connectivity index (χ4v) is 2.09. The molecule has 0 aliphatic carbocycles. The van der Waals surface area contributed by atoms with Crippen molar-refractivity contribution in [3.8, 4) is 5.75 Å². The third-order valence-corrected chi connectivity index (χ3v) is 3.25. The molecule has 0 spiro atoms. The van der Waals surface area contributed by atoms with Gasteiger partial charge in [-0.05, 0) is 32.0 Å². The molecule has 1 aromatic carbocycles. The predicted octanol–water partition coefficient (Wildman–Crippen LogP) is 2.42. The van der Waals surface area contributed by atoms with Crippen LogP contribution < -0.4 is 10.5 Å². The van der Waals surface area contributed by atoms with Crippen LogP contribution in [0, 0.1) is 12.8 Å². The Morgan fingerprint density at radius 2 is 2.11 bits per heavy atom. The van der Waals surface area contributed by atoms with E-state index in [4.69, 9.17) is 10.5 Å². The Kier molecular flexibility index (Phi) is 6.16. The smallest absolute Gasteiger partial charge is 0.123 e. The van der Waals surface area contributed by atoms with Crippen LogP contribution in [0.4, 0.5) is 0 Å². The summed E-state index contributed by atoms with van der Waals surface area (Å²) in [6.07, 6.45) is 0. The van der Waals surface area contributed by atoms with Crippen molar-refractivity contribution in [2.75, 3.05) is 26.7 Å². The zero-order chi connectivity index (χ0) is 13.5. The fourth-order valence-electron chi connectivity index (χ4n) is 2.09. The van der Waals surface area contributed by atoms with Gasteiger partial charge in [0.15, 0.2) is 0 Å². The maximum Gasteiger partial charge on any atom is 0.123 e. The lowest BCUT2D eigenvalue weighted by Crippen LogP contribution is -2.31. The van der Waals surface area contributed by atoms with Gasteiger partial charge in [0, 0.05) is 18.7 Å². The second-order valence-corrected chi connectivity index (χ2v) is 4.98. The minimum absolute atomic E-state index is 0.528. The zero-order valence-electron chi connectivity index (χ0n) is 12.1. The van der Waals surface area contributed by atoms with Gasteiger partial charge >= 0.3 is 0 Å². The molecule has 1 rings (SSSR count). The fraction of sp³-hybridized carbons (Fsp3) is 0.600. The second kappa shape index (κ2) is 7.39. The summed E-state index contributed by atoms with van der Waals surface area (Å²) in [5.41, 5.74) is 8.22. The van der Waals surface area contributed by atoms with Crippen molar-refractivity contribution in [1.82, 2.24) is 4.90 Å². The average Bonchev–Trinajstić information content (AvgIpc) is 2.38. The molecule has 18 heavy (non-hydrogen) atoms. The van der Waals surface area contributed by atoms with Gasteiger partial charge < -0.3 is 10.5 Å². The normalized spacial score (nSPS) is 12.8. The molecular weight excluding hydrogens is 224 g/mol. The lowest BCUT2D eigenvalue weighted by atomic mass is 10.1. The molecule has 1 aromatic rings. The van der Waals surface area contributed by atoms with Crippen molar-refractivity contribution in [3.05, 3.63) is 29.3 Å². The second-order valence-electron chi connectivity index (χ2n) is 4.98. The molecule has 2 N–H and O–H groups in total. The van der Waals surface area contributed by atoms with Gasteiger partial charge in [0.25, 0.3) is 0 Å². The van der Waals surface area contributed by atoms with Crippen LogP contribution >= 0.6 is 0 Å². The number of aryl methyl sites for hydroxylation is 1. The van der Waals surface area contributed by atoms with Gasteiger partial charge in [-0.1, -0.05) is 31.5 Å². The molecular formula is C15H26N2O. The van der Waals surface area contributed by atoms with Crippen molar-refractivity contribution >= 4 is 0 Å². The summed E-state index contributed by atoms with van der Waals surface area (Å²) in [6.45, 7) is 10.2. The number of rotatable bonds is 7. The van der Waals surface area contributed by atoms with Gasteiger partial charge in [-0.3, -0.25) is 4.90 Å². The van der Waals surface area contributed by atoms with Crippen LogP contribution in [0.2, 0.25) is 0 Å². The first-order valence-electron chi connectivity index (χ1n) is 6.66. The molecule has 0 bridgehead atoms.